The van der Waals surface area contributed by atoms with E-state index in [9.17, 15) is 0 Å². The van der Waals surface area contributed by atoms with E-state index < -0.39 is 0 Å². The summed E-state index contributed by atoms with van der Waals surface area (Å²) in [7, 11) is 1.74. The largest absolute Gasteiger partial charge is 0.497 e. The van der Waals surface area contributed by atoms with Gasteiger partial charge in [-0.15, -0.1) is 0 Å². The molecule has 0 N–H and O–H groups in total. The number of rotatable bonds is 4. The van der Waals surface area contributed by atoms with E-state index in [1.165, 1.54) is 27.9 Å². The van der Waals surface area contributed by atoms with Crippen molar-refractivity contribution in [1.29, 1.82) is 0 Å². The van der Waals surface area contributed by atoms with Gasteiger partial charge in [0.15, 0.2) is 0 Å². The molecule has 0 spiro atoms. The fraction of sp³-hybridized carbons (Fsp3) is 0.333. The van der Waals surface area contributed by atoms with Gasteiger partial charge in [-0.05, 0) is 55.7 Å². The van der Waals surface area contributed by atoms with E-state index in [4.69, 9.17) is 4.74 Å². The number of fused-ring (bicyclic) bond motifs is 1. The molecule has 1 aromatic heterocycles. The van der Waals surface area contributed by atoms with E-state index in [1.54, 1.807) is 7.11 Å². The summed E-state index contributed by atoms with van der Waals surface area (Å²) in [6.45, 7) is 7.48. The molecule has 0 saturated heterocycles. The van der Waals surface area contributed by atoms with Gasteiger partial charge in [-0.25, -0.2) is 0 Å². The Morgan fingerprint density at radius 3 is 2.56 bits per heavy atom. The first-order valence-electron chi connectivity index (χ1n) is 9.74. The number of methoxy groups -OCH3 is 1. The molecule has 3 aromatic rings. The minimum Gasteiger partial charge on any atom is -0.497 e. The zero-order valence-corrected chi connectivity index (χ0v) is 16.5. The van der Waals surface area contributed by atoms with Gasteiger partial charge in [0.25, 0.3) is 0 Å². The normalized spacial score (nSPS) is 17.4. The Morgan fingerprint density at radius 2 is 1.78 bits per heavy atom. The van der Waals surface area contributed by atoms with Crippen LogP contribution in [0.25, 0.3) is 0 Å². The Labute approximate surface area is 162 Å². The minimum absolute atomic E-state index is 0.235. The van der Waals surface area contributed by atoms with Crippen LogP contribution >= 0.6 is 0 Å². The van der Waals surface area contributed by atoms with Crippen molar-refractivity contribution in [2.45, 2.75) is 39.4 Å². The quantitative estimate of drug-likeness (QED) is 0.643. The van der Waals surface area contributed by atoms with Gasteiger partial charge in [-0.1, -0.05) is 41.5 Å². The van der Waals surface area contributed by atoms with Gasteiger partial charge in [0.05, 0.1) is 13.2 Å². The standard InChI is InChI=1S/C24H28N2O/c1-18-13-19(2)15-20(14-18)17-26-12-6-11-25-10-5-9-23(25)24(26)21-7-4-8-22(16-21)27-3/h4-5,7-10,13-16,24H,6,11-12,17H2,1-3H3. The van der Waals surface area contributed by atoms with Crippen LogP contribution in [0.3, 0.4) is 0 Å². The predicted molar refractivity (Wildman–Crippen MR) is 110 cm³/mol. The Morgan fingerprint density at radius 1 is 0.963 bits per heavy atom. The molecule has 0 fully saturated rings. The zero-order valence-electron chi connectivity index (χ0n) is 16.5. The second-order valence-electron chi connectivity index (χ2n) is 7.63. The SMILES string of the molecule is COc1cccc(C2c3cccn3CCCN2Cc2cc(C)cc(C)c2)c1. The molecular formula is C24H28N2O. The van der Waals surface area contributed by atoms with Crippen molar-refractivity contribution in [3.05, 3.63) is 88.7 Å². The lowest BCUT2D eigenvalue weighted by Gasteiger charge is -2.31. The maximum absolute atomic E-state index is 5.51. The van der Waals surface area contributed by atoms with E-state index in [-0.39, 0.29) is 6.04 Å². The molecule has 27 heavy (non-hydrogen) atoms. The summed E-state index contributed by atoms with van der Waals surface area (Å²) in [5, 5.41) is 0. The molecule has 0 saturated carbocycles. The monoisotopic (exact) mass is 360 g/mol. The summed E-state index contributed by atoms with van der Waals surface area (Å²) in [6, 6.07) is 20.1. The summed E-state index contributed by atoms with van der Waals surface area (Å²) < 4.78 is 7.91. The highest BCUT2D eigenvalue weighted by Crippen LogP contribution is 2.34. The van der Waals surface area contributed by atoms with E-state index in [2.05, 4.69) is 78.0 Å². The van der Waals surface area contributed by atoms with Crippen LogP contribution in [0.15, 0.2) is 60.8 Å². The molecule has 1 unspecified atom stereocenters. The Balaban J connectivity index is 1.75. The molecule has 1 aliphatic rings. The highest BCUT2D eigenvalue weighted by molar-refractivity contribution is 5.36. The Bertz CT molecular complexity index is 907. The van der Waals surface area contributed by atoms with Crippen LogP contribution in [0, 0.1) is 13.8 Å². The Kier molecular flexibility index (Phi) is 5.04. The first kappa shape index (κ1) is 17.9. The second-order valence-corrected chi connectivity index (χ2v) is 7.63. The topological polar surface area (TPSA) is 17.4 Å². The van der Waals surface area contributed by atoms with Gasteiger partial charge in [0.1, 0.15) is 5.75 Å². The number of benzene rings is 2. The molecule has 1 aliphatic heterocycles. The summed E-state index contributed by atoms with van der Waals surface area (Å²) in [5.74, 6) is 0.918. The van der Waals surface area contributed by atoms with Crippen LogP contribution in [0.5, 0.6) is 5.75 Å². The van der Waals surface area contributed by atoms with Crippen molar-refractivity contribution < 1.29 is 4.74 Å². The molecule has 140 valence electrons. The number of aromatic nitrogens is 1. The minimum atomic E-state index is 0.235. The van der Waals surface area contributed by atoms with Crippen LogP contribution < -0.4 is 4.74 Å². The first-order chi connectivity index (χ1) is 13.1. The average Bonchev–Trinajstić information content (AvgIpc) is 3.02. The fourth-order valence-electron chi connectivity index (χ4n) is 4.40. The molecule has 0 radical (unpaired) electrons. The van der Waals surface area contributed by atoms with Gasteiger partial charge >= 0.3 is 0 Å². The van der Waals surface area contributed by atoms with Crippen LogP contribution in [0.2, 0.25) is 0 Å². The third-order valence-corrected chi connectivity index (χ3v) is 5.43. The molecule has 0 bridgehead atoms. The lowest BCUT2D eigenvalue weighted by atomic mass is 10.00. The number of aryl methyl sites for hydroxylation is 3. The maximum Gasteiger partial charge on any atom is 0.119 e. The molecule has 0 amide bonds. The van der Waals surface area contributed by atoms with Gasteiger partial charge in [0, 0.05) is 31.5 Å². The Hall–Kier alpha value is -2.52. The van der Waals surface area contributed by atoms with E-state index in [1.807, 2.05) is 6.07 Å². The highest BCUT2D eigenvalue weighted by Gasteiger charge is 2.27. The third-order valence-electron chi connectivity index (χ3n) is 5.43. The maximum atomic E-state index is 5.51. The number of hydrogen-bond donors (Lipinski definition) is 0. The number of hydrogen-bond acceptors (Lipinski definition) is 2. The highest BCUT2D eigenvalue weighted by atomic mass is 16.5. The molecule has 4 rings (SSSR count). The molecule has 0 aliphatic carbocycles. The van der Waals surface area contributed by atoms with Crippen molar-refractivity contribution >= 4 is 0 Å². The zero-order chi connectivity index (χ0) is 18.8. The molecule has 3 nitrogen and oxygen atoms in total. The summed E-state index contributed by atoms with van der Waals surface area (Å²) >= 11 is 0. The first-order valence-corrected chi connectivity index (χ1v) is 9.74. The summed E-state index contributed by atoms with van der Waals surface area (Å²) in [4.78, 5) is 2.61. The number of ether oxygens (including phenoxy) is 1. The van der Waals surface area contributed by atoms with Crippen molar-refractivity contribution in [3.8, 4) is 5.75 Å². The van der Waals surface area contributed by atoms with Crippen molar-refractivity contribution in [2.24, 2.45) is 0 Å². The van der Waals surface area contributed by atoms with Gasteiger partial charge < -0.3 is 9.30 Å². The van der Waals surface area contributed by atoms with Crippen molar-refractivity contribution in [2.75, 3.05) is 13.7 Å². The van der Waals surface area contributed by atoms with Crippen LogP contribution in [-0.2, 0) is 13.1 Å². The van der Waals surface area contributed by atoms with Crippen LogP contribution in [0.1, 0.15) is 40.4 Å². The predicted octanol–water partition coefficient (Wildman–Crippen LogP) is 5.11. The molecule has 1 atom stereocenters. The van der Waals surface area contributed by atoms with E-state index in [0.29, 0.717) is 0 Å². The molecular weight excluding hydrogens is 332 g/mol. The van der Waals surface area contributed by atoms with Crippen LogP contribution in [0.4, 0.5) is 0 Å². The summed E-state index contributed by atoms with van der Waals surface area (Å²) in [6.07, 6.45) is 3.37. The molecule has 3 heteroatoms. The smallest absolute Gasteiger partial charge is 0.119 e. The van der Waals surface area contributed by atoms with E-state index in [0.717, 1.165) is 31.8 Å². The molecule has 2 heterocycles. The van der Waals surface area contributed by atoms with Gasteiger partial charge in [-0.3, -0.25) is 4.90 Å². The van der Waals surface area contributed by atoms with Gasteiger partial charge in [-0.2, -0.15) is 0 Å². The lowest BCUT2D eigenvalue weighted by Crippen LogP contribution is -2.29. The lowest BCUT2D eigenvalue weighted by molar-refractivity contribution is 0.220. The summed E-state index contributed by atoms with van der Waals surface area (Å²) in [5.41, 5.74) is 6.72. The van der Waals surface area contributed by atoms with Gasteiger partial charge in [0.2, 0.25) is 0 Å². The van der Waals surface area contributed by atoms with Crippen molar-refractivity contribution in [1.82, 2.24) is 9.47 Å². The van der Waals surface area contributed by atoms with Crippen molar-refractivity contribution in [3.63, 3.8) is 0 Å². The number of nitrogens with zero attached hydrogens (tertiary/aromatic N) is 2. The average molecular weight is 361 g/mol. The van der Waals surface area contributed by atoms with Crippen LogP contribution in [-0.4, -0.2) is 23.1 Å². The third kappa shape index (κ3) is 3.79. The van der Waals surface area contributed by atoms with E-state index >= 15 is 0 Å². The second kappa shape index (κ2) is 7.61. The molecule has 2 aromatic carbocycles. The fourth-order valence-corrected chi connectivity index (χ4v) is 4.40.